The molecule has 1 aliphatic heterocycles. The Bertz CT molecular complexity index is 705. The lowest BCUT2D eigenvalue weighted by Gasteiger charge is -2.35. The highest BCUT2D eigenvalue weighted by Gasteiger charge is 2.50. The predicted octanol–water partition coefficient (Wildman–Crippen LogP) is 1.10. The van der Waals surface area contributed by atoms with Gasteiger partial charge in [0.05, 0.1) is 5.56 Å². The third-order valence-corrected chi connectivity index (χ3v) is 3.35. The first-order chi connectivity index (χ1) is 9.89. The van der Waals surface area contributed by atoms with Crippen LogP contribution in [0.15, 0.2) is 42.5 Å². The summed E-state index contributed by atoms with van der Waals surface area (Å²) in [6.45, 7) is 0. The molecule has 6 nitrogen and oxygen atoms in total. The number of phenols is 2. The Balaban J connectivity index is 2.09. The lowest BCUT2D eigenvalue weighted by Crippen LogP contribution is -2.49. The highest BCUT2D eigenvalue weighted by Crippen LogP contribution is 2.41. The molecular weight excluding hydrogens is 276 g/mol. The molecule has 0 spiro atoms. The van der Waals surface area contributed by atoms with Crippen molar-refractivity contribution < 1.29 is 30.0 Å². The van der Waals surface area contributed by atoms with E-state index in [0.717, 1.165) is 6.07 Å². The Morgan fingerprint density at radius 3 is 2.24 bits per heavy atom. The van der Waals surface area contributed by atoms with Crippen LogP contribution in [0.4, 0.5) is 0 Å². The molecule has 1 atom stereocenters. The minimum Gasteiger partial charge on any atom is -0.508 e. The number of hydrogen-bond acceptors (Lipinski definition) is 6. The van der Waals surface area contributed by atoms with Gasteiger partial charge in [-0.25, -0.2) is 0 Å². The number of Topliss-reactive ketones (excluding diaryl/α,β-unsaturated/α-hetero) is 1. The van der Waals surface area contributed by atoms with Crippen LogP contribution in [0.3, 0.4) is 0 Å². The minimum atomic E-state index is -2.77. The molecule has 3 rings (SSSR count). The molecule has 0 fully saturated rings. The van der Waals surface area contributed by atoms with Crippen LogP contribution in [0.2, 0.25) is 0 Å². The number of phenolic OH excluding ortho intramolecular Hbond substituents is 2. The second-order valence-corrected chi connectivity index (χ2v) is 4.83. The van der Waals surface area contributed by atoms with Crippen molar-refractivity contribution in [3.63, 3.8) is 0 Å². The van der Waals surface area contributed by atoms with Crippen LogP contribution in [0.1, 0.15) is 22.0 Å². The van der Waals surface area contributed by atoms with Gasteiger partial charge in [-0.15, -0.1) is 0 Å². The van der Waals surface area contributed by atoms with E-state index in [0.29, 0.717) is 5.56 Å². The number of carbonyl (C=O) groups excluding carboxylic acids is 1. The van der Waals surface area contributed by atoms with Gasteiger partial charge in [0.25, 0.3) is 5.79 Å². The highest BCUT2D eigenvalue weighted by atomic mass is 16.6. The van der Waals surface area contributed by atoms with Crippen LogP contribution in [-0.2, 0) is 0 Å². The molecule has 0 bridgehead atoms. The van der Waals surface area contributed by atoms with E-state index in [1.54, 1.807) is 0 Å². The smallest absolute Gasteiger partial charge is 0.271 e. The third kappa shape index (κ3) is 2.10. The second-order valence-electron chi connectivity index (χ2n) is 4.83. The normalized spacial score (nSPS) is 19.7. The van der Waals surface area contributed by atoms with Gasteiger partial charge in [0.2, 0.25) is 5.78 Å². The molecule has 108 valence electrons. The van der Waals surface area contributed by atoms with Gasteiger partial charge in [-0.2, -0.15) is 0 Å². The maximum absolute atomic E-state index is 12.2. The largest absolute Gasteiger partial charge is 0.508 e. The molecular formula is C15H12O6. The van der Waals surface area contributed by atoms with Gasteiger partial charge in [-0.1, -0.05) is 12.1 Å². The number of ketones is 1. The van der Waals surface area contributed by atoms with Crippen LogP contribution in [0, 0.1) is 0 Å². The van der Waals surface area contributed by atoms with E-state index in [-0.39, 0.29) is 22.8 Å². The number of rotatable bonds is 1. The molecule has 2 aromatic carbocycles. The first-order valence-electron chi connectivity index (χ1n) is 6.18. The fraction of sp³-hybridized carbons (Fsp3) is 0.133. The molecule has 0 radical (unpaired) electrons. The third-order valence-electron chi connectivity index (χ3n) is 3.35. The summed E-state index contributed by atoms with van der Waals surface area (Å²) in [5.74, 6) is -3.75. The Morgan fingerprint density at radius 2 is 1.57 bits per heavy atom. The van der Waals surface area contributed by atoms with Gasteiger partial charge in [-0.05, 0) is 35.9 Å². The molecule has 4 N–H and O–H groups in total. The fourth-order valence-electron chi connectivity index (χ4n) is 2.27. The van der Waals surface area contributed by atoms with Gasteiger partial charge >= 0.3 is 0 Å². The number of aliphatic hydroxyl groups is 2. The number of benzene rings is 2. The number of ether oxygens (including phenoxy) is 1. The second kappa shape index (κ2) is 4.47. The first kappa shape index (κ1) is 13.4. The maximum Gasteiger partial charge on any atom is 0.271 e. The number of fused-ring (bicyclic) bond motifs is 1. The molecule has 0 saturated carbocycles. The molecule has 0 aliphatic carbocycles. The molecule has 0 aromatic heterocycles. The van der Waals surface area contributed by atoms with Crippen LogP contribution < -0.4 is 4.74 Å². The summed E-state index contributed by atoms with van der Waals surface area (Å²) in [4.78, 5) is 12.2. The summed E-state index contributed by atoms with van der Waals surface area (Å²) < 4.78 is 5.48. The van der Waals surface area contributed by atoms with E-state index < -0.39 is 17.7 Å². The van der Waals surface area contributed by atoms with Crippen molar-refractivity contribution in [1.29, 1.82) is 0 Å². The van der Waals surface area contributed by atoms with Gasteiger partial charge in [-0.3, -0.25) is 4.79 Å². The lowest BCUT2D eigenvalue weighted by atomic mass is 9.90. The van der Waals surface area contributed by atoms with Crippen LogP contribution in [0.25, 0.3) is 0 Å². The molecule has 6 heteroatoms. The Kier molecular flexibility index (Phi) is 2.86. The van der Waals surface area contributed by atoms with E-state index in [9.17, 15) is 25.2 Å². The highest BCUT2D eigenvalue weighted by molar-refractivity contribution is 6.05. The zero-order valence-corrected chi connectivity index (χ0v) is 10.7. The van der Waals surface area contributed by atoms with Crippen molar-refractivity contribution in [2.75, 3.05) is 0 Å². The summed E-state index contributed by atoms with van der Waals surface area (Å²) in [6.07, 6.45) is -1.33. The van der Waals surface area contributed by atoms with E-state index in [2.05, 4.69) is 0 Å². The predicted molar refractivity (Wildman–Crippen MR) is 71.1 cm³/mol. The quantitative estimate of drug-likeness (QED) is 0.585. The fourth-order valence-corrected chi connectivity index (χ4v) is 2.27. The van der Waals surface area contributed by atoms with Gasteiger partial charge in [0.1, 0.15) is 17.2 Å². The monoisotopic (exact) mass is 288 g/mol. The molecule has 1 aliphatic rings. The number of aromatic hydroxyl groups is 2. The molecule has 1 heterocycles. The number of carbonyl (C=O) groups is 1. The zero-order valence-electron chi connectivity index (χ0n) is 10.7. The maximum atomic E-state index is 12.2. The average Bonchev–Trinajstić information content (AvgIpc) is 2.45. The van der Waals surface area contributed by atoms with E-state index in [1.165, 1.54) is 36.4 Å². The van der Waals surface area contributed by atoms with Crippen LogP contribution in [-0.4, -0.2) is 32.0 Å². The molecule has 2 aromatic rings. The minimum absolute atomic E-state index is 0.00712. The lowest BCUT2D eigenvalue weighted by molar-refractivity contribution is -0.186. The Hall–Kier alpha value is -2.57. The zero-order chi connectivity index (χ0) is 15.2. The SMILES string of the molecule is O=C1c2cc(O)ccc2OC(c2ccc(O)cc2)C1(O)O. The first-order valence-corrected chi connectivity index (χ1v) is 6.18. The summed E-state index contributed by atoms with van der Waals surface area (Å²) in [5.41, 5.74) is 0.222. The summed E-state index contributed by atoms with van der Waals surface area (Å²) in [7, 11) is 0. The molecule has 21 heavy (non-hydrogen) atoms. The molecule has 1 unspecified atom stereocenters. The average molecular weight is 288 g/mol. The summed E-state index contributed by atoms with van der Waals surface area (Å²) in [6, 6.07) is 9.40. The van der Waals surface area contributed by atoms with E-state index in [4.69, 9.17) is 4.74 Å². The van der Waals surface area contributed by atoms with Crippen LogP contribution in [0.5, 0.6) is 17.2 Å². The van der Waals surface area contributed by atoms with Crippen molar-refractivity contribution in [3.05, 3.63) is 53.6 Å². The van der Waals surface area contributed by atoms with Crippen molar-refractivity contribution in [2.45, 2.75) is 11.9 Å². The van der Waals surface area contributed by atoms with Crippen molar-refractivity contribution in [3.8, 4) is 17.2 Å². The Labute approximate surface area is 119 Å². The number of hydrogen-bond donors (Lipinski definition) is 4. The van der Waals surface area contributed by atoms with Crippen molar-refractivity contribution in [1.82, 2.24) is 0 Å². The van der Waals surface area contributed by atoms with Crippen molar-refractivity contribution >= 4 is 5.78 Å². The standard InChI is InChI=1S/C15H12O6/c16-9-3-1-8(2-4-9)14-15(19,20)13(18)11-7-10(17)5-6-12(11)21-14/h1-7,14,16-17,19-20H. The van der Waals surface area contributed by atoms with Gasteiger partial charge < -0.3 is 25.2 Å². The summed E-state index contributed by atoms with van der Waals surface area (Å²) in [5, 5.41) is 38.9. The van der Waals surface area contributed by atoms with Crippen molar-refractivity contribution in [2.24, 2.45) is 0 Å². The van der Waals surface area contributed by atoms with Gasteiger partial charge in [0, 0.05) is 0 Å². The summed E-state index contributed by atoms with van der Waals surface area (Å²) >= 11 is 0. The van der Waals surface area contributed by atoms with E-state index in [1.807, 2.05) is 0 Å². The molecule has 0 amide bonds. The van der Waals surface area contributed by atoms with E-state index >= 15 is 0 Å². The van der Waals surface area contributed by atoms with Gasteiger partial charge in [0.15, 0.2) is 6.10 Å². The molecule has 0 saturated heterocycles. The topological polar surface area (TPSA) is 107 Å². The van der Waals surface area contributed by atoms with Crippen LogP contribution >= 0.6 is 0 Å². The Morgan fingerprint density at radius 1 is 0.952 bits per heavy atom.